The van der Waals surface area contributed by atoms with Crippen molar-refractivity contribution >= 4 is 28.3 Å². The van der Waals surface area contributed by atoms with Crippen LogP contribution in [0.5, 0.6) is 5.75 Å². The number of piperazine rings is 1. The molecule has 0 bridgehead atoms. The predicted octanol–water partition coefficient (Wildman–Crippen LogP) is 0.459. The van der Waals surface area contributed by atoms with E-state index in [9.17, 15) is 13.2 Å². The Bertz CT molecular complexity index is 666. The molecule has 130 valence electrons. The zero-order valence-corrected chi connectivity index (χ0v) is 15.0. The molecule has 0 spiro atoms. The van der Waals surface area contributed by atoms with Gasteiger partial charge in [0, 0.05) is 31.2 Å². The molecule has 1 aliphatic heterocycles. The van der Waals surface area contributed by atoms with Gasteiger partial charge in [0.05, 0.1) is 7.11 Å². The highest BCUT2D eigenvalue weighted by Gasteiger charge is 2.26. The van der Waals surface area contributed by atoms with Crippen LogP contribution in [0.1, 0.15) is 17.3 Å². The van der Waals surface area contributed by atoms with Gasteiger partial charge in [-0.25, -0.2) is 13.1 Å². The molecule has 2 N–H and O–H groups in total. The molecule has 1 amide bonds. The normalized spacial score (nSPS) is 18.2. The first-order chi connectivity index (χ1) is 10.4. The third kappa shape index (κ3) is 4.14. The lowest BCUT2D eigenvalue weighted by molar-refractivity contribution is 0.0655. The summed E-state index contributed by atoms with van der Waals surface area (Å²) >= 11 is 0. The largest absolute Gasteiger partial charge is 0.495 e. The lowest BCUT2D eigenvalue weighted by atomic mass is 10.1. The second kappa shape index (κ2) is 7.96. The number of sulfonamides is 1. The molecule has 1 saturated heterocycles. The Morgan fingerprint density at radius 3 is 2.70 bits per heavy atom. The SMILES string of the molecule is CNS(=O)(=O)c1cc(C(=O)N2CCNC[C@H]2C)ccc1OC.Cl. The van der Waals surface area contributed by atoms with Crippen molar-refractivity contribution in [3.8, 4) is 5.75 Å². The Hall–Kier alpha value is -1.35. The molecule has 1 atom stereocenters. The average molecular weight is 364 g/mol. The smallest absolute Gasteiger partial charge is 0.254 e. The topological polar surface area (TPSA) is 87.7 Å². The fourth-order valence-corrected chi connectivity index (χ4v) is 3.36. The number of hydrogen-bond acceptors (Lipinski definition) is 5. The first kappa shape index (κ1) is 19.7. The molecule has 1 fully saturated rings. The van der Waals surface area contributed by atoms with Crippen molar-refractivity contribution in [1.29, 1.82) is 0 Å². The van der Waals surface area contributed by atoms with E-state index in [0.29, 0.717) is 12.1 Å². The number of rotatable bonds is 4. The van der Waals surface area contributed by atoms with Crippen LogP contribution in [-0.2, 0) is 10.0 Å². The summed E-state index contributed by atoms with van der Waals surface area (Å²) in [5.74, 6) is 0.0310. The number of carbonyl (C=O) groups is 1. The third-order valence-corrected chi connectivity index (χ3v) is 5.17. The number of benzene rings is 1. The summed E-state index contributed by atoms with van der Waals surface area (Å²) in [5.41, 5.74) is 0.336. The van der Waals surface area contributed by atoms with Crippen molar-refractivity contribution < 1.29 is 17.9 Å². The molecule has 1 aromatic rings. The monoisotopic (exact) mass is 363 g/mol. The van der Waals surface area contributed by atoms with E-state index in [-0.39, 0.29) is 35.0 Å². The zero-order chi connectivity index (χ0) is 16.3. The number of methoxy groups -OCH3 is 1. The quantitative estimate of drug-likeness (QED) is 0.811. The molecule has 0 aromatic heterocycles. The van der Waals surface area contributed by atoms with Crippen LogP contribution in [0.15, 0.2) is 23.1 Å². The fourth-order valence-electron chi connectivity index (χ4n) is 2.44. The molecule has 2 rings (SSSR count). The van der Waals surface area contributed by atoms with E-state index < -0.39 is 10.0 Å². The van der Waals surface area contributed by atoms with Crippen LogP contribution in [0.4, 0.5) is 0 Å². The molecule has 1 aromatic carbocycles. The van der Waals surface area contributed by atoms with Gasteiger partial charge in [0.25, 0.3) is 5.91 Å². The lowest BCUT2D eigenvalue weighted by Crippen LogP contribution is -2.52. The van der Waals surface area contributed by atoms with E-state index in [4.69, 9.17) is 4.74 Å². The summed E-state index contributed by atoms with van der Waals surface area (Å²) in [6.45, 7) is 4.01. The first-order valence-electron chi connectivity index (χ1n) is 7.04. The molecular weight excluding hydrogens is 342 g/mol. The molecule has 9 heteroatoms. The first-order valence-corrected chi connectivity index (χ1v) is 8.52. The number of halogens is 1. The van der Waals surface area contributed by atoms with Crippen LogP contribution in [0.2, 0.25) is 0 Å². The predicted molar refractivity (Wildman–Crippen MR) is 89.9 cm³/mol. The minimum absolute atomic E-state index is 0. The Balaban J connectivity index is 0.00000264. The van der Waals surface area contributed by atoms with Crippen LogP contribution >= 0.6 is 12.4 Å². The maximum atomic E-state index is 12.6. The molecule has 0 aliphatic carbocycles. The highest BCUT2D eigenvalue weighted by Crippen LogP contribution is 2.25. The maximum Gasteiger partial charge on any atom is 0.254 e. The van der Waals surface area contributed by atoms with Gasteiger partial charge < -0.3 is 15.0 Å². The summed E-state index contributed by atoms with van der Waals surface area (Å²) in [7, 11) is -0.985. The molecule has 0 unspecified atom stereocenters. The van der Waals surface area contributed by atoms with E-state index in [1.165, 1.54) is 26.3 Å². The van der Waals surface area contributed by atoms with Gasteiger partial charge in [0.15, 0.2) is 0 Å². The second-order valence-corrected chi connectivity index (χ2v) is 6.98. The minimum atomic E-state index is -3.70. The summed E-state index contributed by atoms with van der Waals surface area (Å²) < 4.78 is 31.5. The number of hydrogen-bond donors (Lipinski definition) is 2. The Labute approximate surface area is 142 Å². The number of nitrogens with zero attached hydrogens (tertiary/aromatic N) is 1. The van der Waals surface area contributed by atoms with Crippen molar-refractivity contribution in [2.24, 2.45) is 0 Å². The third-order valence-electron chi connectivity index (χ3n) is 3.73. The summed E-state index contributed by atoms with van der Waals surface area (Å²) in [4.78, 5) is 14.3. The summed E-state index contributed by atoms with van der Waals surface area (Å²) in [6, 6.07) is 4.52. The van der Waals surface area contributed by atoms with Crippen molar-refractivity contribution in [3.05, 3.63) is 23.8 Å². The van der Waals surface area contributed by atoms with Gasteiger partial charge in [-0.3, -0.25) is 4.79 Å². The molecule has 23 heavy (non-hydrogen) atoms. The standard InChI is InChI=1S/C14H21N3O4S.ClH/c1-10-9-16-6-7-17(10)14(18)11-4-5-12(21-3)13(8-11)22(19,20)15-2;/h4-5,8,10,15-16H,6-7,9H2,1-3H3;1H/t10-;/m1./s1. The fraction of sp³-hybridized carbons (Fsp3) is 0.500. The molecule has 7 nitrogen and oxygen atoms in total. The van der Waals surface area contributed by atoms with Crippen molar-refractivity contribution in [1.82, 2.24) is 14.9 Å². The zero-order valence-electron chi connectivity index (χ0n) is 13.3. The van der Waals surface area contributed by atoms with Gasteiger partial charge in [-0.05, 0) is 32.2 Å². The molecule has 1 heterocycles. The minimum Gasteiger partial charge on any atom is -0.495 e. The Morgan fingerprint density at radius 2 is 2.13 bits per heavy atom. The van der Waals surface area contributed by atoms with Gasteiger partial charge in [-0.1, -0.05) is 0 Å². The van der Waals surface area contributed by atoms with Crippen LogP contribution in [0.3, 0.4) is 0 Å². The van der Waals surface area contributed by atoms with Crippen LogP contribution < -0.4 is 14.8 Å². The number of amides is 1. The lowest BCUT2D eigenvalue weighted by Gasteiger charge is -2.34. The van der Waals surface area contributed by atoms with Crippen LogP contribution in [-0.4, -0.2) is 59.1 Å². The highest BCUT2D eigenvalue weighted by molar-refractivity contribution is 7.89. The van der Waals surface area contributed by atoms with Gasteiger partial charge >= 0.3 is 0 Å². The van der Waals surface area contributed by atoms with E-state index in [2.05, 4.69) is 10.0 Å². The van der Waals surface area contributed by atoms with Crippen LogP contribution in [0.25, 0.3) is 0 Å². The number of carbonyl (C=O) groups excluding carboxylic acids is 1. The molecule has 0 saturated carbocycles. The van der Waals surface area contributed by atoms with E-state index >= 15 is 0 Å². The molecular formula is C14H22ClN3O4S. The Kier molecular flexibility index (Phi) is 6.82. The van der Waals surface area contributed by atoms with E-state index in [1.807, 2.05) is 6.92 Å². The average Bonchev–Trinajstić information content (AvgIpc) is 2.54. The van der Waals surface area contributed by atoms with Gasteiger partial charge in [0.1, 0.15) is 10.6 Å². The van der Waals surface area contributed by atoms with E-state index in [0.717, 1.165) is 13.1 Å². The van der Waals surface area contributed by atoms with Gasteiger partial charge in [-0.2, -0.15) is 0 Å². The number of ether oxygens (including phenoxy) is 1. The van der Waals surface area contributed by atoms with Crippen molar-refractivity contribution in [2.45, 2.75) is 17.9 Å². The second-order valence-electron chi connectivity index (χ2n) is 5.12. The number of nitrogens with one attached hydrogen (secondary N) is 2. The molecule has 0 radical (unpaired) electrons. The van der Waals surface area contributed by atoms with Crippen LogP contribution in [0, 0.1) is 0 Å². The van der Waals surface area contributed by atoms with E-state index in [1.54, 1.807) is 11.0 Å². The van der Waals surface area contributed by atoms with Crippen molar-refractivity contribution in [2.75, 3.05) is 33.8 Å². The molecule has 1 aliphatic rings. The summed E-state index contributed by atoms with van der Waals surface area (Å²) in [5, 5.41) is 3.21. The maximum absolute atomic E-state index is 12.6. The Morgan fingerprint density at radius 1 is 1.43 bits per heavy atom. The summed E-state index contributed by atoms with van der Waals surface area (Å²) in [6.07, 6.45) is 0. The van der Waals surface area contributed by atoms with Gasteiger partial charge in [-0.15, -0.1) is 12.4 Å². The van der Waals surface area contributed by atoms with Crippen molar-refractivity contribution in [3.63, 3.8) is 0 Å². The highest BCUT2D eigenvalue weighted by atomic mass is 35.5. The van der Waals surface area contributed by atoms with Gasteiger partial charge in [0.2, 0.25) is 10.0 Å².